The molecule has 4 aromatic rings. The van der Waals surface area contributed by atoms with Crippen LogP contribution in [-0.2, 0) is 4.79 Å². The van der Waals surface area contributed by atoms with E-state index < -0.39 is 0 Å². The third kappa shape index (κ3) is 7.69. The molecule has 224 valence electrons. The smallest absolute Gasteiger partial charge is 0.282 e. The van der Waals surface area contributed by atoms with E-state index in [9.17, 15) is 4.79 Å². The summed E-state index contributed by atoms with van der Waals surface area (Å²) in [6.07, 6.45) is 13.3. The van der Waals surface area contributed by atoms with Gasteiger partial charge in [-0.05, 0) is 54.8 Å². The number of Topliss-reactive ketones (excluding diaryl/α,β-unsaturated/α-hetero) is 1. The van der Waals surface area contributed by atoms with Crippen molar-refractivity contribution in [3.63, 3.8) is 0 Å². The SMILES string of the molecule is CCCCCCCCCC(=O)CCCN(C)c1cc(C=C2Sc3ccccc3N2C)c2ccccc2[n+]1-c1ccccc1. The van der Waals surface area contributed by atoms with Gasteiger partial charge in [-0.1, -0.05) is 106 Å². The van der Waals surface area contributed by atoms with E-state index in [1.165, 1.54) is 70.6 Å². The van der Waals surface area contributed by atoms with Gasteiger partial charge in [-0.25, -0.2) is 0 Å². The summed E-state index contributed by atoms with van der Waals surface area (Å²) in [4.78, 5) is 18.6. The van der Waals surface area contributed by atoms with Crippen LogP contribution in [0.15, 0.2) is 94.9 Å². The van der Waals surface area contributed by atoms with Crippen molar-refractivity contribution in [3.05, 3.63) is 95.5 Å². The van der Waals surface area contributed by atoms with Crippen LogP contribution in [0.3, 0.4) is 0 Å². The third-order valence-electron chi connectivity index (χ3n) is 8.43. The van der Waals surface area contributed by atoms with Crippen molar-refractivity contribution in [3.8, 4) is 5.69 Å². The predicted octanol–water partition coefficient (Wildman–Crippen LogP) is 9.58. The highest BCUT2D eigenvalue weighted by Gasteiger charge is 2.25. The van der Waals surface area contributed by atoms with Gasteiger partial charge in [0.15, 0.2) is 0 Å². The largest absolute Gasteiger partial charge is 0.338 e. The maximum atomic E-state index is 12.7. The van der Waals surface area contributed by atoms with Crippen LogP contribution >= 0.6 is 11.8 Å². The number of hydrogen-bond acceptors (Lipinski definition) is 4. The van der Waals surface area contributed by atoms with Crippen molar-refractivity contribution in [2.45, 2.75) is 76.0 Å². The minimum absolute atomic E-state index is 0.405. The lowest BCUT2D eigenvalue weighted by Gasteiger charge is -2.19. The third-order valence-corrected chi connectivity index (χ3v) is 9.60. The molecule has 0 fully saturated rings. The Morgan fingerprint density at radius 1 is 0.837 bits per heavy atom. The van der Waals surface area contributed by atoms with E-state index in [1.807, 2.05) is 11.8 Å². The summed E-state index contributed by atoms with van der Waals surface area (Å²) in [5.41, 5.74) is 4.75. The molecule has 2 heterocycles. The van der Waals surface area contributed by atoms with E-state index in [2.05, 4.69) is 126 Å². The number of rotatable bonds is 15. The summed E-state index contributed by atoms with van der Waals surface area (Å²) < 4.78 is 2.36. The van der Waals surface area contributed by atoms with Crippen molar-refractivity contribution in [2.75, 3.05) is 30.4 Å². The zero-order valence-corrected chi connectivity index (χ0v) is 26.9. The van der Waals surface area contributed by atoms with E-state index in [0.29, 0.717) is 12.2 Å². The molecule has 0 unspecified atom stereocenters. The molecule has 1 aromatic heterocycles. The Bertz CT molecular complexity index is 1550. The number of hydrogen-bond donors (Lipinski definition) is 0. The highest BCUT2D eigenvalue weighted by Crippen LogP contribution is 2.45. The molecular weight excluding hydrogens is 547 g/mol. The maximum Gasteiger partial charge on any atom is 0.282 e. The lowest BCUT2D eigenvalue weighted by atomic mass is 10.0. The van der Waals surface area contributed by atoms with Gasteiger partial charge in [-0.2, -0.15) is 4.57 Å². The number of nitrogens with zero attached hydrogens (tertiary/aromatic N) is 3. The van der Waals surface area contributed by atoms with Crippen LogP contribution in [-0.4, -0.2) is 26.4 Å². The zero-order chi connectivity index (χ0) is 30.0. The van der Waals surface area contributed by atoms with Crippen molar-refractivity contribution in [1.82, 2.24) is 0 Å². The Morgan fingerprint density at radius 3 is 2.30 bits per heavy atom. The van der Waals surface area contributed by atoms with Crippen LogP contribution in [0.25, 0.3) is 22.7 Å². The number of aromatic nitrogens is 1. The Kier molecular flexibility index (Phi) is 10.9. The summed E-state index contributed by atoms with van der Waals surface area (Å²) in [6.45, 7) is 3.07. The van der Waals surface area contributed by atoms with Gasteiger partial charge < -0.3 is 4.90 Å². The van der Waals surface area contributed by atoms with Crippen LogP contribution < -0.4 is 14.4 Å². The molecule has 0 saturated carbocycles. The molecule has 0 atom stereocenters. The molecule has 0 spiro atoms. The molecule has 0 bridgehead atoms. The number of carbonyl (C=O) groups is 1. The Morgan fingerprint density at radius 2 is 1.51 bits per heavy atom. The second kappa shape index (κ2) is 15.2. The normalized spacial score (nSPS) is 13.6. The molecule has 0 N–H and O–H groups in total. The number of ketones is 1. The minimum Gasteiger partial charge on any atom is -0.338 e. The number of benzene rings is 3. The standard InChI is InChI=1S/C38H46N3OS/c1-4-5-6-7-8-9-13-21-32(42)22-18-27-39(2)37-28-30(29-38-40(3)35-25-16-17-26-36(35)43-38)33-23-14-15-24-34(33)41(37)31-19-11-10-12-20-31/h10-12,14-17,19-20,23-26,28-29H,4-9,13,18,21-22,27H2,1-3H3/q+1. The molecule has 3 aromatic carbocycles. The van der Waals surface area contributed by atoms with Crippen molar-refractivity contribution in [2.24, 2.45) is 0 Å². The van der Waals surface area contributed by atoms with Crippen LogP contribution in [0.2, 0.25) is 0 Å². The van der Waals surface area contributed by atoms with Gasteiger partial charge in [0.2, 0.25) is 0 Å². The zero-order valence-electron chi connectivity index (χ0n) is 26.1. The lowest BCUT2D eigenvalue weighted by Crippen LogP contribution is -2.40. The lowest BCUT2D eigenvalue weighted by molar-refractivity contribution is -0.553. The summed E-state index contributed by atoms with van der Waals surface area (Å²) in [6, 6.07) is 30.2. The molecule has 43 heavy (non-hydrogen) atoms. The van der Waals surface area contributed by atoms with E-state index in [0.717, 1.165) is 37.3 Å². The van der Waals surface area contributed by atoms with E-state index in [1.54, 1.807) is 0 Å². The Hall–Kier alpha value is -3.57. The van der Waals surface area contributed by atoms with Gasteiger partial charge in [0.25, 0.3) is 5.82 Å². The molecule has 0 amide bonds. The highest BCUT2D eigenvalue weighted by atomic mass is 32.2. The van der Waals surface area contributed by atoms with E-state index in [-0.39, 0.29) is 0 Å². The summed E-state index contributed by atoms with van der Waals surface area (Å²) >= 11 is 1.82. The average Bonchev–Trinajstić information content (AvgIpc) is 3.35. The molecule has 1 aliphatic rings. The van der Waals surface area contributed by atoms with Crippen molar-refractivity contribution < 1.29 is 9.36 Å². The van der Waals surface area contributed by atoms with Crippen molar-refractivity contribution >= 4 is 46.0 Å². The molecule has 5 rings (SSSR count). The van der Waals surface area contributed by atoms with Crippen LogP contribution in [0, 0.1) is 0 Å². The minimum atomic E-state index is 0.405. The van der Waals surface area contributed by atoms with Gasteiger partial charge in [0.1, 0.15) is 17.0 Å². The Labute approximate surface area is 262 Å². The summed E-state index contributed by atoms with van der Waals surface area (Å²) in [7, 11) is 4.31. The molecular formula is C38H46N3OS+. The van der Waals surface area contributed by atoms with Gasteiger partial charge in [-0.3, -0.25) is 9.69 Å². The van der Waals surface area contributed by atoms with E-state index >= 15 is 0 Å². The summed E-state index contributed by atoms with van der Waals surface area (Å²) in [5.74, 6) is 1.53. The van der Waals surface area contributed by atoms with Crippen LogP contribution in [0.5, 0.6) is 0 Å². The van der Waals surface area contributed by atoms with Gasteiger partial charge in [0.05, 0.1) is 24.3 Å². The Balaban J connectivity index is 1.36. The first-order valence-corrected chi connectivity index (χ1v) is 16.9. The monoisotopic (exact) mass is 592 g/mol. The first-order valence-electron chi connectivity index (χ1n) is 16.0. The highest BCUT2D eigenvalue weighted by molar-refractivity contribution is 8.03. The van der Waals surface area contributed by atoms with Crippen molar-refractivity contribution in [1.29, 1.82) is 0 Å². The first-order chi connectivity index (χ1) is 21.1. The number of thioether (sulfide) groups is 1. The fourth-order valence-electron chi connectivity index (χ4n) is 5.98. The number of unbranched alkanes of at least 4 members (excludes halogenated alkanes) is 6. The fourth-order valence-corrected chi connectivity index (χ4v) is 7.08. The first kappa shape index (κ1) is 30.9. The second-order valence-corrected chi connectivity index (χ2v) is 12.8. The average molecular weight is 593 g/mol. The van der Waals surface area contributed by atoms with E-state index in [4.69, 9.17) is 0 Å². The van der Waals surface area contributed by atoms with Gasteiger partial charge in [-0.15, -0.1) is 0 Å². The summed E-state index contributed by atoms with van der Waals surface area (Å²) in [5, 5.41) is 2.43. The molecule has 0 saturated heterocycles. The molecule has 0 radical (unpaired) electrons. The van der Waals surface area contributed by atoms with Gasteiger partial charge in [0, 0.05) is 36.2 Å². The topological polar surface area (TPSA) is 27.4 Å². The quantitative estimate of drug-likeness (QED) is 0.101. The number of anilines is 2. The van der Waals surface area contributed by atoms with Gasteiger partial charge >= 0.3 is 0 Å². The predicted molar refractivity (Wildman–Crippen MR) is 184 cm³/mol. The molecule has 1 aliphatic heterocycles. The maximum absolute atomic E-state index is 12.7. The second-order valence-electron chi connectivity index (χ2n) is 11.7. The molecule has 4 nitrogen and oxygen atoms in total. The number of para-hydroxylation sites is 3. The van der Waals surface area contributed by atoms with Crippen LogP contribution in [0.1, 0.15) is 76.7 Å². The number of fused-ring (bicyclic) bond motifs is 2. The number of pyridine rings is 1. The molecule has 5 heteroatoms. The number of carbonyl (C=O) groups excluding carboxylic acids is 1. The van der Waals surface area contributed by atoms with Crippen LogP contribution in [0.4, 0.5) is 11.5 Å². The molecule has 0 aliphatic carbocycles. The fraction of sp³-hybridized carbons (Fsp3) is 0.368.